The van der Waals surface area contributed by atoms with Crippen LogP contribution in [0.1, 0.15) is 24.2 Å². The van der Waals surface area contributed by atoms with Gasteiger partial charge in [0.15, 0.2) is 9.84 Å². The summed E-state index contributed by atoms with van der Waals surface area (Å²) >= 11 is 0. The normalized spacial score (nSPS) is 19.7. The Labute approximate surface area is 112 Å². The number of nitrogens with one attached hydrogen (secondary N) is 1. The van der Waals surface area contributed by atoms with E-state index in [-0.39, 0.29) is 16.2 Å². The van der Waals surface area contributed by atoms with Crippen LogP contribution >= 0.6 is 0 Å². The third kappa shape index (κ3) is 2.58. The van der Waals surface area contributed by atoms with Crippen molar-refractivity contribution in [1.82, 2.24) is 0 Å². The van der Waals surface area contributed by atoms with Gasteiger partial charge in [-0.25, -0.2) is 13.2 Å². The zero-order chi connectivity index (χ0) is 14.3. The predicted octanol–water partition coefficient (Wildman–Crippen LogP) is 1.70. The zero-order valence-corrected chi connectivity index (χ0v) is 12.0. The number of benzene rings is 1. The highest BCUT2D eigenvalue weighted by atomic mass is 32.2. The van der Waals surface area contributed by atoms with Crippen LogP contribution in [0.3, 0.4) is 0 Å². The molecule has 0 amide bonds. The number of hydrogen-bond acceptors (Lipinski definition) is 5. The maximum atomic E-state index is 12.5. The first-order valence-corrected chi connectivity index (χ1v) is 7.60. The molecule has 1 aromatic carbocycles. The summed E-state index contributed by atoms with van der Waals surface area (Å²) in [6.45, 7) is 4.28. The molecule has 1 aliphatic rings. The van der Waals surface area contributed by atoms with Crippen molar-refractivity contribution in [3.63, 3.8) is 0 Å². The largest absolute Gasteiger partial charge is 0.465 e. The monoisotopic (exact) mass is 283 g/mol. The molecule has 2 rings (SSSR count). The minimum Gasteiger partial charge on any atom is -0.465 e. The van der Waals surface area contributed by atoms with Gasteiger partial charge in [-0.2, -0.15) is 0 Å². The molecular weight excluding hydrogens is 266 g/mol. The molecule has 1 aliphatic heterocycles. The fourth-order valence-electron chi connectivity index (χ4n) is 2.25. The molecule has 1 N–H and O–H groups in total. The minimum atomic E-state index is -3.54. The van der Waals surface area contributed by atoms with Crippen molar-refractivity contribution in [3.05, 3.63) is 23.8 Å². The summed E-state index contributed by atoms with van der Waals surface area (Å²) in [4.78, 5) is 11.8. The Kier molecular flexibility index (Phi) is 3.30. The average Bonchev–Trinajstić information content (AvgIpc) is 2.42. The smallest absolute Gasteiger partial charge is 0.339 e. The van der Waals surface area contributed by atoms with Crippen LogP contribution in [0.4, 0.5) is 5.69 Å². The quantitative estimate of drug-likeness (QED) is 0.794. The van der Waals surface area contributed by atoms with Gasteiger partial charge in [0, 0.05) is 6.54 Å². The number of sulfone groups is 1. The van der Waals surface area contributed by atoms with Gasteiger partial charge in [-0.1, -0.05) is 19.9 Å². The lowest BCUT2D eigenvalue weighted by molar-refractivity contribution is 0.0596. The first kappa shape index (κ1) is 13.9. The van der Waals surface area contributed by atoms with Crippen molar-refractivity contribution >= 4 is 21.5 Å². The van der Waals surface area contributed by atoms with Crippen LogP contribution in [0.5, 0.6) is 0 Å². The zero-order valence-electron chi connectivity index (χ0n) is 11.2. The SMILES string of the molecule is COC(=O)c1cccc2c1S(=O)(=O)CC(C)(C)CN2. The Morgan fingerprint density at radius 2 is 2.05 bits per heavy atom. The van der Waals surface area contributed by atoms with E-state index in [0.717, 1.165) is 0 Å². The van der Waals surface area contributed by atoms with Gasteiger partial charge in [-0.05, 0) is 17.5 Å². The molecule has 0 unspecified atom stereocenters. The molecule has 0 atom stereocenters. The van der Waals surface area contributed by atoms with E-state index in [9.17, 15) is 13.2 Å². The van der Waals surface area contributed by atoms with Gasteiger partial charge in [0.25, 0.3) is 0 Å². The third-order valence-electron chi connectivity index (χ3n) is 3.07. The average molecular weight is 283 g/mol. The highest BCUT2D eigenvalue weighted by molar-refractivity contribution is 7.91. The van der Waals surface area contributed by atoms with Crippen LogP contribution in [0.2, 0.25) is 0 Å². The lowest BCUT2D eigenvalue weighted by Crippen LogP contribution is -2.28. The molecule has 104 valence electrons. The second-order valence-corrected chi connectivity index (χ2v) is 7.38. The second kappa shape index (κ2) is 4.52. The van der Waals surface area contributed by atoms with Gasteiger partial charge in [-0.3, -0.25) is 0 Å². The fourth-order valence-corrected chi connectivity index (χ4v) is 4.49. The van der Waals surface area contributed by atoms with E-state index in [4.69, 9.17) is 0 Å². The number of ether oxygens (including phenoxy) is 1. The van der Waals surface area contributed by atoms with Crippen LogP contribution in [-0.4, -0.2) is 33.8 Å². The van der Waals surface area contributed by atoms with E-state index < -0.39 is 21.2 Å². The van der Waals surface area contributed by atoms with Gasteiger partial charge in [0.1, 0.15) is 4.90 Å². The van der Waals surface area contributed by atoms with Crippen LogP contribution in [0.15, 0.2) is 23.1 Å². The predicted molar refractivity (Wildman–Crippen MR) is 72.1 cm³/mol. The van der Waals surface area contributed by atoms with Crippen LogP contribution < -0.4 is 5.32 Å². The van der Waals surface area contributed by atoms with Crippen LogP contribution in [0.25, 0.3) is 0 Å². The Morgan fingerprint density at radius 3 is 2.68 bits per heavy atom. The van der Waals surface area contributed by atoms with Crippen molar-refractivity contribution in [2.45, 2.75) is 18.7 Å². The molecule has 0 saturated heterocycles. The van der Waals surface area contributed by atoms with Gasteiger partial charge in [0.2, 0.25) is 0 Å². The lowest BCUT2D eigenvalue weighted by Gasteiger charge is -2.21. The molecule has 6 heteroatoms. The molecule has 0 aliphatic carbocycles. The summed E-state index contributed by atoms with van der Waals surface area (Å²) in [5.74, 6) is -0.643. The van der Waals surface area contributed by atoms with E-state index in [0.29, 0.717) is 12.2 Å². The highest BCUT2D eigenvalue weighted by Gasteiger charge is 2.35. The summed E-state index contributed by atoms with van der Waals surface area (Å²) in [5, 5.41) is 3.10. The van der Waals surface area contributed by atoms with E-state index in [1.807, 2.05) is 13.8 Å². The molecular formula is C13H17NO4S. The summed E-state index contributed by atoms with van der Waals surface area (Å²) in [6, 6.07) is 4.79. The Morgan fingerprint density at radius 1 is 1.37 bits per heavy atom. The fraction of sp³-hybridized carbons (Fsp3) is 0.462. The molecule has 0 fully saturated rings. The van der Waals surface area contributed by atoms with E-state index >= 15 is 0 Å². The molecule has 0 aromatic heterocycles. The molecule has 0 spiro atoms. The summed E-state index contributed by atoms with van der Waals surface area (Å²) in [7, 11) is -2.30. The first-order valence-electron chi connectivity index (χ1n) is 5.95. The third-order valence-corrected chi connectivity index (χ3v) is 5.29. The van der Waals surface area contributed by atoms with Crippen LogP contribution in [-0.2, 0) is 14.6 Å². The number of rotatable bonds is 1. The van der Waals surface area contributed by atoms with Crippen molar-refractivity contribution in [3.8, 4) is 0 Å². The number of fused-ring (bicyclic) bond motifs is 1. The molecule has 19 heavy (non-hydrogen) atoms. The molecule has 0 saturated carbocycles. The van der Waals surface area contributed by atoms with Crippen molar-refractivity contribution in [1.29, 1.82) is 0 Å². The van der Waals surface area contributed by atoms with Crippen molar-refractivity contribution in [2.24, 2.45) is 5.41 Å². The molecule has 1 heterocycles. The van der Waals surface area contributed by atoms with Crippen molar-refractivity contribution < 1.29 is 17.9 Å². The maximum Gasteiger partial charge on any atom is 0.339 e. The molecule has 1 aromatic rings. The number of anilines is 1. The first-order chi connectivity index (χ1) is 8.77. The van der Waals surface area contributed by atoms with E-state index in [1.165, 1.54) is 13.2 Å². The standard InChI is InChI=1S/C13H17NO4S/c1-13(2)7-14-10-6-4-5-9(12(15)18-3)11(10)19(16,17)8-13/h4-6,14H,7-8H2,1-3H3. The Balaban J connectivity index is 2.68. The van der Waals surface area contributed by atoms with Crippen molar-refractivity contribution in [2.75, 3.05) is 24.7 Å². The summed E-state index contributed by atoms with van der Waals surface area (Å²) in [6.07, 6.45) is 0. The molecule has 0 bridgehead atoms. The summed E-state index contributed by atoms with van der Waals surface area (Å²) in [5.41, 5.74) is 0.157. The number of methoxy groups -OCH3 is 1. The van der Waals surface area contributed by atoms with Crippen LogP contribution in [0, 0.1) is 5.41 Å². The lowest BCUT2D eigenvalue weighted by atomic mass is 9.96. The van der Waals surface area contributed by atoms with E-state index in [1.54, 1.807) is 12.1 Å². The molecule has 0 radical (unpaired) electrons. The number of hydrogen-bond donors (Lipinski definition) is 1. The minimum absolute atomic E-state index is 0.00594. The summed E-state index contributed by atoms with van der Waals surface area (Å²) < 4.78 is 29.7. The Bertz CT molecular complexity index is 620. The number of carbonyl (C=O) groups is 1. The molecule has 5 nitrogen and oxygen atoms in total. The van der Waals surface area contributed by atoms with Gasteiger partial charge < -0.3 is 10.1 Å². The maximum absolute atomic E-state index is 12.5. The van der Waals surface area contributed by atoms with Gasteiger partial charge in [-0.15, -0.1) is 0 Å². The van der Waals surface area contributed by atoms with Gasteiger partial charge in [0.05, 0.1) is 24.1 Å². The Hall–Kier alpha value is -1.56. The topological polar surface area (TPSA) is 72.5 Å². The van der Waals surface area contributed by atoms with Gasteiger partial charge >= 0.3 is 5.97 Å². The second-order valence-electron chi connectivity index (χ2n) is 5.45. The van der Waals surface area contributed by atoms with E-state index in [2.05, 4.69) is 10.1 Å². The number of carbonyl (C=O) groups excluding carboxylic acids is 1. The number of esters is 1. The highest BCUT2D eigenvalue weighted by Crippen LogP contribution is 2.34.